The summed E-state index contributed by atoms with van der Waals surface area (Å²) in [5.41, 5.74) is 1.14. The number of nitrogens with one attached hydrogen (secondary N) is 1. The van der Waals surface area contributed by atoms with Crippen LogP contribution in [0.25, 0.3) is 5.69 Å². The summed E-state index contributed by atoms with van der Waals surface area (Å²) in [6.07, 6.45) is 1.81. The van der Waals surface area contributed by atoms with Crippen molar-refractivity contribution in [3.05, 3.63) is 46.5 Å². The van der Waals surface area contributed by atoms with E-state index in [0.29, 0.717) is 11.6 Å². The van der Waals surface area contributed by atoms with Crippen LogP contribution in [0.4, 0.5) is 0 Å². The summed E-state index contributed by atoms with van der Waals surface area (Å²) in [6.45, 7) is 2.36. The summed E-state index contributed by atoms with van der Waals surface area (Å²) in [5.74, 6) is 1.44. The van der Waals surface area contributed by atoms with Crippen molar-refractivity contribution >= 4 is 11.8 Å². The van der Waals surface area contributed by atoms with Crippen molar-refractivity contribution in [2.24, 2.45) is 7.05 Å². The van der Waals surface area contributed by atoms with Gasteiger partial charge in [0, 0.05) is 29.8 Å². The molecule has 2 heterocycles. The molecule has 0 atom stereocenters. The Bertz CT molecular complexity index is 853. The molecule has 23 heavy (non-hydrogen) atoms. The molecule has 1 N–H and O–H groups in total. The zero-order valence-electron chi connectivity index (χ0n) is 12.8. The normalized spacial score (nSPS) is 10.9. The maximum absolute atomic E-state index is 11.8. The maximum atomic E-state index is 11.8. The first-order chi connectivity index (χ1) is 11.2. The first-order valence-electron chi connectivity index (χ1n) is 7.07. The molecule has 2 aromatic heterocycles. The van der Waals surface area contributed by atoms with Gasteiger partial charge in [-0.2, -0.15) is 4.68 Å². The Morgan fingerprint density at radius 1 is 1.35 bits per heavy atom. The van der Waals surface area contributed by atoms with Gasteiger partial charge in [0.05, 0.1) is 5.69 Å². The molecule has 120 valence electrons. The maximum Gasteiger partial charge on any atom is 0.365 e. The van der Waals surface area contributed by atoms with Crippen LogP contribution in [-0.2, 0) is 13.7 Å². The largest absolute Gasteiger partial charge is 0.472 e. The second-order valence-corrected chi connectivity index (χ2v) is 6.03. The molecule has 0 saturated carbocycles. The summed E-state index contributed by atoms with van der Waals surface area (Å²) in [5, 5.41) is 13.9. The third-order valence-corrected chi connectivity index (χ3v) is 4.14. The van der Waals surface area contributed by atoms with Crippen LogP contribution in [0.15, 0.2) is 40.2 Å². The molecule has 0 aliphatic rings. The highest BCUT2D eigenvalue weighted by molar-refractivity contribution is 7.99. The minimum Gasteiger partial charge on any atom is -0.472 e. The zero-order valence-corrected chi connectivity index (χ0v) is 13.6. The summed E-state index contributed by atoms with van der Waals surface area (Å²) < 4.78 is 8.66. The fraction of sp³-hybridized carbons (Fsp3) is 0.286. The molecular formula is C14H16N6O2S. The van der Waals surface area contributed by atoms with E-state index in [9.17, 15) is 4.79 Å². The number of aryl methyl sites for hydroxylation is 1. The van der Waals surface area contributed by atoms with Crippen molar-refractivity contribution in [2.75, 3.05) is 5.75 Å². The Morgan fingerprint density at radius 3 is 2.87 bits per heavy atom. The molecule has 8 nitrogen and oxygen atoms in total. The Kier molecular flexibility index (Phi) is 4.47. The van der Waals surface area contributed by atoms with Gasteiger partial charge in [0.15, 0.2) is 0 Å². The molecule has 0 aliphatic carbocycles. The van der Waals surface area contributed by atoms with Crippen molar-refractivity contribution in [1.82, 2.24) is 30.0 Å². The molecule has 0 unspecified atom stereocenters. The molecule has 0 bridgehead atoms. The third kappa shape index (κ3) is 3.29. The standard InChI is InChI=1S/C14H16N6O2S/c1-3-23-12-6-4-5-11(20-14(21)15-17-18-20)10(12)9-22-13-7-8-19(2)16-13/h4-8H,3,9H2,1-2H3,(H,15,18,21). The summed E-state index contributed by atoms with van der Waals surface area (Å²) >= 11 is 1.68. The van der Waals surface area contributed by atoms with E-state index in [1.807, 2.05) is 31.4 Å². The lowest BCUT2D eigenvalue weighted by atomic mass is 10.2. The van der Waals surface area contributed by atoms with E-state index >= 15 is 0 Å². The van der Waals surface area contributed by atoms with E-state index in [1.54, 1.807) is 22.5 Å². The Hall–Kier alpha value is -2.55. The van der Waals surface area contributed by atoms with Crippen molar-refractivity contribution in [1.29, 1.82) is 0 Å². The Balaban J connectivity index is 1.97. The molecule has 3 aromatic rings. The molecule has 0 aliphatic heterocycles. The molecule has 0 amide bonds. The second kappa shape index (κ2) is 6.69. The van der Waals surface area contributed by atoms with Gasteiger partial charge in [-0.25, -0.2) is 9.89 Å². The number of nitrogens with zero attached hydrogens (tertiary/aromatic N) is 5. The number of thioether (sulfide) groups is 1. The fourth-order valence-corrected chi connectivity index (χ4v) is 2.98. The van der Waals surface area contributed by atoms with Gasteiger partial charge in [-0.1, -0.05) is 13.0 Å². The van der Waals surface area contributed by atoms with Crippen LogP contribution in [0.1, 0.15) is 12.5 Å². The van der Waals surface area contributed by atoms with Gasteiger partial charge >= 0.3 is 5.69 Å². The SMILES string of the molecule is CCSc1cccc(-n2nn[nH]c2=O)c1COc1ccn(C)n1. The van der Waals surface area contributed by atoms with Crippen LogP contribution in [0.5, 0.6) is 5.88 Å². The average molecular weight is 332 g/mol. The molecule has 0 radical (unpaired) electrons. The molecule has 9 heteroatoms. The van der Waals surface area contributed by atoms with E-state index in [2.05, 4.69) is 27.5 Å². The topological polar surface area (TPSA) is 90.6 Å². The van der Waals surface area contributed by atoms with Gasteiger partial charge in [-0.15, -0.1) is 16.9 Å². The van der Waals surface area contributed by atoms with Crippen LogP contribution in [-0.4, -0.2) is 35.7 Å². The number of tetrazole rings is 1. The van der Waals surface area contributed by atoms with Crippen molar-refractivity contribution in [3.8, 4) is 11.6 Å². The van der Waals surface area contributed by atoms with E-state index in [4.69, 9.17) is 4.74 Å². The van der Waals surface area contributed by atoms with Crippen LogP contribution in [0.2, 0.25) is 0 Å². The van der Waals surface area contributed by atoms with E-state index in [-0.39, 0.29) is 12.3 Å². The molecule has 3 rings (SSSR count). The van der Waals surface area contributed by atoms with E-state index in [0.717, 1.165) is 16.2 Å². The number of benzene rings is 1. The van der Waals surface area contributed by atoms with E-state index in [1.165, 1.54) is 4.68 Å². The molecule has 0 saturated heterocycles. The number of rotatable bonds is 6. The lowest BCUT2D eigenvalue weighted by molar-refractivity contribution is 0.287. The van der Waals surface area contributed by atoms with Crippen LogP contribution in [0.3, 0.4) is 0 Å². The van der Waals surface area contributed by atoms with Crippen molar-refractivity contribution in [2.45, 2.75) is 18.4 Å². The smallest absolute Gasteiger partial charge is 0.365 e. The van der Waals surface area contributed by atoms with Gasteiger partial charge in [-0.05, 0) is 28.3 Å². The van der Waals surface area contributed by atoms with Gasteiger partial charge in [0.2, 0.25) is 5.88 Å². The average Bonchev–Trinajstić information content (AvgIpc) is 3.14. The summed E-state index contributed by atoms with van der Waals surface area (Å²) in [4.78, 5) is 12.9. The van der Waals surface area contributed by atoms with Gasteiger partial charge in [-0.3, -0.25) is 4.68 Å². The molecule has 0 fully saturated rings. The van der Waals surface area contributed by atoms with Crippen LogP contribution in [0, 0.1) is 0 Å². The Labute approximate surface area is 136 Å². The monoisotopic (exact) mass is 332 g/mol. The highest BCUT2D eigenvalue weighted by Gasteiger charge is 2.14. The third-order valence-electron chi connectivity index (χ3n) is 3.16. The Morgan fingerprint density at radius 2 is 2.22 bits per heavy atom. The van der Waals surface area contributed by atoms with Crippen LogP contribution >= 0.6 is 11.8 Å². The predicted molar refractivity (Wildman–Crippen MR) is 85.9 cm³/mol. The number of hydrogen-bond acceptors (Lipinski definition) is 6. The quantitative estimate of drug-likeness (QED) is 0.686. The second-order valence-electron chi connectivity index (χ2n) is 4.72. The zero-order chi connectivity index (χ0) is 16.2. The first kappa shape index (κ1) is 15.3. The number of hydrogen-bond donors (Lipinski definition) is 1. The fourth-order valence-electron chi connectivity index (χ4n) is 2.16. The minimum absolute atomic E-state index is 0.287. The number of ether oxygens (including phenoxy) is 1. The summed E-state index contributed by atoms with van der Waals surface area (Å²) in [6, 6.07) is 7.50. The number of H-pyrrole nitrogens is 1. The molecular weight excluding hydrogens is 316 g/mol. The number of aromatic amines is 1. The lowest BCUT2D eigenvalue weighted by Crippen LogP contribution is -2.18. The minimum atomic E-state index is -0.386. The van der Waals surface area contributed by atoms with Crippen molar-refractivity contribution < 1.29 is 4.74 Å². The number of aromatic nitrogens is 6. The summed E-state index contributed by atoms with van der Waals surface area (Å²) in [7, 11) is 1.83. The highest BCUT2D eigenvalue weighted by Crippen LogP contribution is 2.28. The highest BCUT2D eigenvalue weighted by atomic mass is 32.2. The molecule has 0 spiro atoms. The van der Waals surface area contributed by atoms with Gasteiger partial charge in [0.25, 0.3) is 0 Å². The van der Waals surface area contributed by atoms with Gasteiger partial charge < -0.3 is 4.74 Å². The van der Waals surface area contributed by atoms with Crippen molar-refractivity contribution in [3.63, 3.8) is 0 Å². The first-order valence-corrected chi connectivity index (χ1v) is 8.05. The molecule has 1 aromatic carbocycles. The lowest BCUT2D eigenvalue weighted by Gasteiger charge is -2.13. The van der Waals surface area contributed by atoms with E-state index < -0.39 is 0 Å². The predicted octanol–water partition coefficient (Wildman–Crippen LogP) is 1.38. The van der Waals surface area contributed by atoms with Crippen LogP contribution < -0.4 is 10.4 Å². The van der Waals surface area contributed by atoms with Gasteiger partial charge in [0.1, 0.15) is 6.61 Å².